The van der Waals surface area contributed by atoms with Crippen LogP contribution in [-0.4, -0.2) is 24.7 Å². The molecule has 5 heteroatoms. The van der Waals surface area contributed by atoms with Crippen LogP contribution >= 0.6 is 0 Å². The standard InChI is InChI=1S/C14H21FN2O2/c1-14(2,3)19-7-6-18-9-11-5-4-10(13(16)17)8-12(11)15/h4-5,8H,6-7,9H2,1-3H3,(H3,16,17). The molecule has 0 fully saturated rings. The Balaban J connectivity index is 2.40. The fourth-order valence-corrected chi connectivity index (χ4v) is 1.42. The predicted octanol–water partition coefficient (Wildman–Crippen LogP) is 2.44. The molecule has 0 aliphatic rings. The third-order valence-corrected chi connectivity index (χ3v) is 2.38. The lowest BCUT2D eigenvalue weighted by Gasteiger charge is -2.19. The molecule has 0 saturated heterocycles. The number of benzene rings is 1. The molecule has 1 aromatic carbocycles. The molecule has 0 aliphatic carbocycles. The minimum Gasteiger partial charge on any atom is -0.384 e. The van der Waals surface area contributed by atoms with Crippen molar-refractivity contribution in [1.82, 2.24) is 0 Å². The average Bonchev–Trinajstić information content (AvgIpc) is 2.28. The van der Waals surface area contributed by atoms with E-state index >= 15 is 0 Å². The van der Waals surface area contributed by atoms with Crippen LogP contribution in [0.25, 0.3) is 0 Å². The van der Waals surface area contributed by atoms with Crippen molar-refractivity contribution >= 4 is 5.84 Å². The number of amidine groups is 1. The van der Waals surface area contributed by atoms with Gasteiger partial charge in [-0.25, -0.2) is 4.39 Å². The second kappa shape index (κ2) is 6.63. The first-order valence-electron chi connectivity index (χ1n) is 6.14. The molecule has 0 heterocycles. The molecule has 0 saturated carbocycles. The van der Waals surface area contributed by atoms with E-state index in [-0.39, 0.29) is 18.0 Å². The van der Waals surface area contributed by atoms with Gasteiger partial charge < -0.3 is 15.2 Å². The Labute approximate surface area is 113 Å². The van der Waals surface area contributed by atoms with E-state index in [0.717, 1.165) is 0 Å². The molecule has 1 aromatic rings. The number of hydrogen-bond acceptors (Lipinski definition) is 3. The zero-order valence-electron chi connectivity index (χ0n) is 11.6. The summed E-state index contributed by atoms with van der Waals surface area (Å²) >= 11 is 0. The van der Waals surface area contributed by atoms with Gasteiger partial charge in [0.05, 0.1) is 25.4 Å². The van der Waals surface area contributed by atoms with E-state index in [4.69, 9.17) is 20.6 Å². The van der Waals surface area contributed by atoms with E-state index in [1.165, 1.54) is 6.07 Å². The van der Waals surface area contributed by atoms with Gasteiger partial charge in [-0.05, 0) is 26.8 Å². The largest absolute Gasteiger partial charge is 0.384 e. The maximum atomic E-state index is 13.6. The van der Waals surface area contributed by atoms with Crippen molar-refractivity contribution < 1.29 is 13.9 Å². The van der Waals surface area contributed by atoms with Crippen LogP contribution in [0.3, 0.4) is 0 Å². The van der Waals surface area contributed by atoms with Gasteiger partial charge in [-0.1, -0.05) is 12.1 Å². The molecule has 0 atom stereocenters. The summed E-state index contributed by atoms with van der Waals surface area (Å²) in [7, 11) is 0. The first-order chi connectivity index (χ1) is 8.79. The lowest BCUT2D eigenvalue weighted by Crippen LogP contribution is -2.21. The van der Waals surface area contributed by atoms with E-state index < -0.39 is 5.82 Å². The first kappa shape index (κ1) is 15.6. The highest BCUT2D eigenvalue weighted by atomic mass is 19.1. The summed E-state index contributed by atoms with van der Waals surface area (Å²) in [6.45, 7) is 6.95. The van der Waals surface area contributed by atoms with Gasteiger partial charge in [0.1, 0.15) is 11.7 Å². The van der Waals surface area contributed by atoms with E-state index in [1.807, 2.05) is 20.8 Å². The highest BCUT2D eigenvalue weighted by Gasteiger charge is 2.09. The molecular weight excluding hydrogens is 247 g/mol. The first-order valence-corrected chi connectivity index (χ1v) is 6.14. The fraction of sp³-hybridized carbons (Fsp3) is 0.500. The third kappa shape index (κ3) is 5.81. The summed E-state index contributed by atoms with van der Waals surface area (Å²) in [5.74, 6) is -0.561. The minimum atomic E-state index is -0.413. The average molecular weight is 268 g/mol. The van der Waals surface area contributed by atoms with Gasteiger partial charge in [0.2, 0.25) is 0 Å². The second-order valence-electron chi connectivity index (χ2n) is 5.23. The SMILES string of the molecule is CC(C)(C)OCCOCc1ccc(C(=N)N)cc1F. The minimum absolute atomic E-state index is 0.148. The Morgan fingerprint density at radius 2 is 2.00 bits per heavy atom. The van der Waals surface area contributed by atoms with Crippen molar-refractivity contribution in [2.45, 2.75) is 33.0 Å². The van der Waals surface area contributed by atoms with E-state index in [9.17, 15) is 4.39 Å². The molecule has 0 bridgehead atoms. The summed E-state index contributed by atoms with van der Waals surface area (Å²) in [6, 6.07) is 4.43. The number of hydrogen-bond donors (Lipinski definition) is 2. The number of ether oxygens (including phenoxy) is 2. The highest BCUT2D eigenvalue weighted by Crippen LogP contribution is 2.12. The van der Waals surface area contributed by atoms with Gasteiger partial charge in [0, 0.05) is 11.1 Å². The molecule has 0 radical (unpaired) electrons. The summed E-state index contributed by atoms with van der Waals surface area (Å²) in [5.41, 5.74) is 5.90. The molecule has 1 rings (SSSR count). The normalized spacial score (nSPS) is 11.6. The molecule has 0 aromatic heterocycles. The van der Waals surface area contributed by atoms with Crippen LogP contribution in [-0.2, 0) is 16.1 Å². The molecule has 4 nitrogen and oxygen atoms in total. The molecule has 0 spiro atoms. The highest BCUT2D eigenvalue weighted by molar-refractivity contribution is 5.94. The quantitative estimate of drug-likeness (QED) is 0.473. The van der Waals surface area contributed by atoms with Crippen LogP contribution in [0.1, 0.15) is 31.9 Å². The maximum absolute atomic E-state index is 13.6. The summed E-state index contributed by atoms with van der Waals surface area (Å²) in [5, 5.41) is 7.22. The van der Waals surface area contributed by atoms with E-state index in [2.05, 4.69) is 0 Å². The lowest BCUT2D eigenvalue weighted by atomic mass is 10.1. The van der Waals surface area contributed by atoms with Gasteiger partial charge in [-0.2, -0.15) is 0 Å². The van der Waals surface area contributed by atoms with Gasteiger partial charge >= 0.3 is 0 Å². The van der Waals surface area contributed by atoms with E-state index in [0.29, 0.717) is 24.3 Å². The number of nitrogens with one attached hydrogen (secondary N) is 1. The van der Waals surface area contributed by atoms with Crippen molar-refractivity contribution in [3.05, 3.63) is 35.1 Å². The van der Waals surface area contributed by atoms with Gasteiger partial charge in [-0.15, -0.1) is 0 Å². The maximum Gasteiger partial charge on any atom is 0.129 e. The zero-order chi connectivity index (χ0) is 14.5. The summed E-state index contributed by atoms with van der Waals surface area (Å²) < 4.78 is 24.5. The van der Waals surface area contributed by atoms with Crippen molar-refractivity contribution in [3.8, 4) is 0 Å². The number of nitrogen functional groups attached to an aromatic ring is 1. The van der Waals surface area contributed by atoms with Crippen LogP contribution in [0.4, 0.5) is 4.39 Å². The molecule has 19 heavy (non-hydrogen) atoms. The Kier molecular flexibility index (Phi) is 5.44. The van der Waals surface area contributed by atoms with Crippen molar-refractivity contribution in [3.63, 3.8) is 0 Å². The number of halogens is 1. The Morgan fingerprint density at radius 1 is 1.32 bits per heavy atom. The monoisotopic (exact) mass is 268 g/mol. The predicted molar refractivity (Wildman–Crippen MR) is 72.8 cm³/mol. The molecular formula is C14H21FN2O2. The lowest BCUT2D eigenvalue weighted by molar-refractivity contribution is -0.0379. The smallest absolute Gasteiger partial charge is 0.129 e. The molecule has 0 unspecified atom stereocenters. The van der Waals surface area contributed by atoms with Crippen molar-refractivity contribution in [1.29, 1.82) is 5.41 Å². The van der Waals surface area contributed by atoms with Gasteiger partial charge in [0.15, 0.2) is 0 Å². The molecule has 106 valence electrons. The van der Waals surface area contributed by atoms with E-state index in [1.54, 1.807) is 12.1 Å². The van der Waals surface area contributed by atoms with Crippen molar-refractivity contribution in [2.24, 2.45) is 5.73 Å². The zero-order valence-corrected chi connectivity index (χ0v) is 11.6. The summed E-state index contributed by atoms with van der Waals surface area (Å²) in [4.78, 5) is 0. The van der Waals surface area contributed by atoms with Crippen LogP contribution < -0.4 is 5.73 Å². The topological polar surface area (TPSA) is 68.3 Å². The van der Waals surface area contributed by atoms with Crippen molar-refractivity contribution in [2.75, 3.05) is 13.2 Å². The Bertz CT molecular complexity index is 442. The molecule has 3 N–H and O–H groups in total. The van der Waals surface area contributed by atoms with Gasteiger partial charge in [0.25, 0.3) is 0 Å². The molecule has 0 aliphatic heterocycles. The van der Waals surface area contributed by atoms with Crippen LogP contribution in [0.15, 0.2) is 18.2 Å². The number of nitrogens with two attached hydrogens (primary N) is 1. The van der Waals surface area contributed by atoms with Gasteiger partial charge in [-0.3, -0.25) is 5.41 Å². The van der Waals surface area contributed by atoms with Crippen LogP contribution in [0.5, 0.6) is 0 Å². The number of rotatable bonds is 6. The van der Waals surface area contributed by atoms with Crippen LogP contribution in [0, 0.1) is 11.2 Å². The molecule has 0 amide bonds. The second-order valence-corrected chi connectivity index (χ2v) is 5.23. The Hall–Kier alpha value is -1.46. The summed E-state index contributed by atoms with van der Waals surface area (Å²) in [6.07, 6.45) is 0. The third-order valence-electron chi connectivity index (χ3n) is 2.38. The Morgan fingerprint density at radius 3 is 2.53 bits per heavy atom. The van der Waals surface area contributed by atoms with Crippen LogP contribution in [0.2, 0.25) is 0 Å². The fourth-order valence-electron chi connectivity index (χ4n) is 1.42.